The van der Waals surface area contributed by atoms with Gasteiger partial charge in [-0.1, -0.05) is 19.3 Å². The Bertz CT molecular complexity index is 698. The highest BCUT2D eigenvalue weighted by molar-refractivity contribution is 5.94. The summed E-state index contributed by atoms with van der Waals surface area (Å²) in [5.41, 5.74) is 2.48. The predicted molar refractivity (Wildman–Crippen MR) is 93.8 cm³/mol. The van der Waals surface area contributed by atoms with Crippen molar-refractivity contribution in [1.29, 1.82) is 0 Å². The van der Waals surface area contributed by atoms with Crippen LogP contribution in [0.5, 0.6) is 0 Å². The largest absolute Gasteiger partial charge is 0.481 e. The molecule has 7 nitrogen and oxygen atoms in total. The lowest BCUT2D eigenvalue weighted by Crippen LogP contribution is -2.24. The molecule has 0 aliphatic heterocycles. The van der Waals surface area contributed by atoms with Crippen LogP contribution in [0.15, 0.2) is 30.9 Å². The van der Waals surface area contributed by atoms with Crippen molar-refractivity contribution in [2.24, 2.45) is 0 Å². The van der Waals surface area contributed by atoms with Gasteiger partial charge in [-0.3, -0.25) is 9.59 Å². The molecule has 0 unspecified atom stereocenters. The van der Waals surface area contributed by atoms with Crippen LogP contribution in [0.25, 0.3) is 5.69 Å². The fourth-order valence-electron chi connectivity index (χ4n) is 2.62. The van der Waals surface area contributed by atoms with Gasteiger partial charge in [0.1, 0.15) is 12.7 Å². The minimum absolute atomic E-state index is 0.0842. The van der Waals surface area contributed by atoms with Crippen LogP contribution in [0, 0.1) is 6.92 Å². The van der Waals surface area contributed by atoms with Crippen molar-refractivity contribution in [3.8, 4) is 5.69 Å². The number of amides is 1. The van der Waals surface area contributed by atoms with E-state index in [0.717, 1.165) is 43.4 Å². The van der Waals surface area contributed by atoms with E-state index < -0.39 is 5.97 Å². The third kappa shape index (κ3) is 6.02. The molecule has 1 aromatic heterocycles. The summed E-state index contributed by atoms with van der Waals surface area (Å²) in [4.78, 5) is 26.5. The van der Waals surface area contributed by atoms with Crippen molar-refractivity contribution in [3.63, 3.8) is 0 Å². The van der Waals surface area contributed by atoms with Crippen LogP contribution in [0.1, 0.15) is 54.4 Å². The maximum Gasteiger partial charge on any atom is 0.303 e. The highest BCUT2D eigenvalue weighted by Crippen LogP contribution is 2.14. The number of unbranched alkanes of at least 4 members (excludes halogenated alkanes) is 4. The maximum absolute atomic E-state index is 12.2. The second-order valence-corrected chi connectivity index (χ2v) is 6.01. The molecule has 2 N–H and O–H groups in total. The number of nitrogens with zero attached hydrogens (tertiary/aromatic N) is 3. The molecule has 0 aliphatic rings. The molecule has 0 aliphatic carbocycles. The first-order chi connectivity index (χ1) is 12.1. The third-order valence-corrected chi connectivity index (χ3v) is 3.98. The van der Waals surface area contributed by atoms with E-state index in [0.29, 0.717) is 12.1 Å². The standard InChI is InChI=1S/C18H24N4O3/c1-14-11-15(8-9-16(14)22-13-19-12-21-22)18(25)20-10-6-4-2-3-5-7-17(23)24/h8-9,11-13H,2-7,10H2,1H3,(H,20,25)(H,23,24). The fraction of sp³-hybridized carbons (Fsp3) is 0.444. The average Bonchev–Trinajstić information content (AvgIpc) is 3.11. The van der Waals surface area contributed by atoms with Gasteiger partial charge >= 0.3 is 5.97 Å². The summed E-state index contributed by atoms with van der Waals surface area (Å²) in [6.45, 7) is 2.56. The molecule has 25 heavy (non-hydrogen) atoms. The van der Waals surface area contributed by atoms with Crippen molar-refractivity contribution in [2.45, 2.75) is 45.4 Å². The monoisotopic (exact) mass is 344 g/mol. The number of aryl methyl sites for hydroxylation is 1. The van der Waals surface area contributed by atoms with Crippen LogP contribution in [0.4, 0.5) is 0 Å². The SMILES string of the molecule is Cc1cc(C(=O)NCCCCCCCC(=O)O)ccc1-n1cncn1. The molecule has 2 rings (SSSR count). The zero-order valence-electron chi connectivity index (χ0n) is 14.4. The first-order valence-electron chi connectivity index (χ1n) is 8.53. The summed E-state index contributed by atoms with van der Waals surface area (Å²) in [5, 5.41) is 15.6. The molecule has 0 atom stereocenters. The predicted octanol–water partition coefficient (Wildman–Crippen LogP) is 2.73. The number of benzene rings is 1. The molecule has 0 saturated carbocycles. The van der Waals surface area contributed by atoms with Crippen LogP contribution < -0.4 is 5.32 Å². The zero-order valence-corrected chi connectivity index (χ0v) is 14.4. The van der Waals surface area contributed by atoms with Crippen LogP contribution in [-0.4, -0.2) is 38.3 Å². The lowest BCUT2D eigenvalue weighted by molar-refractivity contribution is -0.137. The molecule has 2 aromatic rings. The van der Waals surface area contributed by atoms with E-state index in [2.05, 4.69) is 15.4 Å². The second kappa shape index (κ2) is 9.56. The van der Waals surface area contributed by atoms with E-state index in [1.807, 2.05) is 19.1 Å². The number of nitrogens with one attached hydrogen (secondary N) is 1. The minimum atomic E-state index is -0.739. The Kier molecular flexibility index (Phi) is 7.13. The average molecular weight is 344 g/mol. The number of aliphatic carboxylic acids is 1. The van der Waals surface area contributed by atoms with Crippen LogP contribution >= 0.6 is 0 Å². The Hall–Kier alpha value is -2.70. The van der Waals surface area contributed by atoms with Gasteiger partial charge in [0.05, 0.1) is 5.69 Å². The fourth-order valence-corrected chi connectivity index (χ4v) is 2.62. The van der Waals surface area contributed by atoms with Crippen LogP contribution in [-0.2, 0) is 4.79 Å². The van der Waals surface area contributed by atoms with Gasteiger partial charge < -0.3 is 10.4 Å². The van der Waals surface area contributed by atoms with Crippen LogP contribution in [0.2, 0.25) is 0 Å². The van der Waals surface area contributed by atoms with Gasteiger partial charge in [0.2, 0.25) is 0 Å². The molecule has 1 heterocycles. The number of carboxylic acid groups (broad SMARTS) is 1. The molecule has 1 aromatic carbocycles. The molecule has 0 radical (unpaired) electrons. The van der Waals surface area contributed by atoms with Gasteiger partial charge in [0.25, 0.3) is 5.91 Å². The summed E-state index contributed by atoms with van der Waals surface area (Å²) in [5.74, 6) is -0.823. The zero-order chi connectivity index (χ0) is 18.1. The smallest absolute Gasteiger partial charge is 0.303 e. The third-order valence-electron chi connectivity index (χ3n) is 3.98. The number of hydrogen-bond donors (Lipinski definition) is 2. The number of hydrogen-bond acceptors (Lipinski definition) is 4. The lowest BCUT2D eigenvalue weighted by Gasteiger charge is -2.09. The van der Waals surface area contributed by atoms with Crippen molar-refractivity contribution >= 4 is 11.9 Å². The topological polar surface area (TPSA) is 97.1 Å². The van der Waals surface area contributed by atoms with E-state index in [1.54, 1.807) is 17.1 Å². The van der Waals surface area contributed by atoms with E-state index in [4.69, 9.17) is 5.11 Å². The minimum Gasteiger partial charge on any atom is -0.481 e. The summed E-state index contributed by atoms with van der Waals surface area (Å²) in [6.07, 6.45) is 7.86. The summed E-state index contributed by atoms with van der Waals surface area (Å²) in [6, 6.07) is 5.49. The molecular formula is C18H24N4O3. The summed E-state index contributed by atoms with van der Waals surface area (Å²) >= 11 is 0. The van der Waals surface area contributed by atoms with Crippen molar-refractivity contribution in [1.82, 2.24) is 20.1 Å². The number of carboxylic acids is 1. The molecule has 1 amide bonds. The quantitative estimate of drug-likeness (QED) is 0.646. The molecular weight excluding hydrogens is 320 g/mol. The Morgan fingerprint density at radius 1 is 1.16 bits per heavy atom. The molecule has 134 valence electrons. The van der Waals surface area contributed by atoms with Crippen LogP contribution in [0.3, 0.4) is 0 Å². The Balaban J connectivity index is 1.71. The Labute approximate surface area is 147 Å². The Morgan fingerprint density at radius 3 is 2.60 bits per heavy atom. The van der Waals surface area contributed by atoms with E-state index in [1.165, 1.54) is 6.33 Å². The van der Waals surface area contributed by atoms with Gasteiger partial charge in [-0.2, -0.15) is 5.10 Å². The van der Waals surface area contributed by atoms with Crippen molar-refractivity contribution in [3.05, 3.63) is 42.0 Å². The normalized spacial score (nSPS) is 10.6. The first-order valence-corrected chi connectivity index (χ1v) is 8.53. The number of rotatable bonds is 10. The van der Waals surface area contributed by atoms with E-state index in [-0.39, 0.29) is 12.3 Å². The maximum atomic E-state index is 12.2. The summed E-state index contributed by atoms with van der Waals surface area (Å²) in [7, 11) is 0. The molecule has 7 heteroatoms. The molecule has 0 spiro atoms. The van der Waals surface area contributed by atoms with Gasteiger partial charge in [-0.15, -0.1) is 0 Å². The number of aromatic nitrogens is 3. The van der Waals surface area contributed by atoms with Gasteiger partial charge in [0, 0.05) is 18.5 Å². The van der Waals surface area contributed by atoms with E-state index >= 15 is 0 Å². The van der Waals surface area contributed by atoms with E-state index in [9.17, 15) is 9.59 Å². The highest BCUT2D eigenvalue weighted by atomic mass is 16.4. The second-order valence-electron chi connectivity index (χ2n) is 6.01. The molecule has 0 saturated heterocycles. The molecule has 0 fully saturated rings. The first kappa shape index (κ1) is 18.6. The van der Waals surface area contributed by atoms with Crippen molar-refractivity contribution in [2.75, 3.05) is 6.54 Å². The Morgan fingerprint density at radius 2 is 1.92 bits per heavy atom. The summed E-state index contributed by atoms with van der Waals surface area (Å²) < 4.78 is 1.67. The van der Waals surface area contributed by atoms with Crippen molar-refractivity contribution < 1.29 is 14.7 Å². The molecule has 0 bridgehead atoms. The van der Waals surface area contributed by atoms with Gasteiger partial charge in [0.15, 0.2) is 0 Å². The highest BCUT2D eigenvalue weighted by Gasteiger charge is 2.08. The number of carbonyl (C=O) groups is 2. The lowest BCUT2D eigenvalue weighted by atomic mass is 10.1. The van der Waals surface area contributed by atoms with Gasteiger partial charge in [-0.25, -0.2) is 9.67 Å². The number of carbonyl (C=O) groups excluding carboxylic acids is 1. The van der Waals surface area contributed by atoms with Gasteiger partial charge in [-0.05, 0) is 43.5 Å².